The number of benzene rings is 1. The Hall–Kier alpha value is -2.88. The summed E-state index contributed by atoms with van der Waals surface area (Å²) in [5, 5.41) is 9.12. The van der Waals surface area contributed by atoms with Crippen LogP contribution in [0.4, 0.5) is 8.78 Å². The zero-order chi connectivity index (χ0) is 15.2. The summed E-state index contributed by atoms with van der Waals surface area (Å²) in [5.41, 5.74) is 0.738. The van der Waals surface area contributed by atoms with Crippen molar-refractivity contribution in [3.63, 3.8) is 0 Å². The van der Waals surface area contributed by atoms with Crippen molar-refractivity contribution in [1.82, 2.24) is 4.98 Å². The molecule has 1 aromatic carbocycles. The molecule has 0 bridgehead atoms. The van der Waals surface area contributed by atoms with Crippen molar-refractivity contribution in [2.24, 2.45) is 0 Å². The molecular formula is C14H8F2N2O3. The van der Waals surface area contributed by atoms with Crippen LogP contribution in [0.3, 0.4) is 0 Å². The number of ketones is 1. The van der Waals surface area contributed by atoms with Gasteiger partial charge in [0.05, 0.1) is 11.3 Å². The summed E-state index contributed by atoms with van der Waals surface area (Å²) < 4.78 is 35.3. The molecule has 1 aliphatic heterocycles. The number of H-pyrrole nitrogens is 1. The Kier molecular flexibility index (Phi) is 2.69. The second-order valence-electron chi connectivity index (χ2n) is 4.42. The van der Waals surface area contributed by atoms with E-state index in [4.69, 9.17) is 5.26 Å². The van der Waals surface area contributed by atoms with Gasteiger partial charge in [-0.2, -0.15) is 5.26 Å². The fourth-order valence-electron chi connectivity index (χ4n) is 2.23. The van der Waals surface area contributed by atoms with E-state index in [0.717, 1.165) is 0 Å². The first-order valence-electron chi connectivity index (χ1n) is 5.94. The summed E-state index contributed by atoms with van der Waals surface area (Å²) in [7, 11) is 0. The average Bonchev–Trinajstić information content (AvgIpc) is 2.96. The van der Waals surface area contributed by atoms with Crippen LogP contribution in [0, 0.1) is 11.3 Å². The Balaban J connectivity index is 2.25. The number of carbonyl (C=O) groups excluding carboxylic acids is 1. The smallest absolute Gasteiger partial charge is 0.395 e. The number of nitrogens with one attached hydrogen (secondary N) is 1. The van der Waals surface area contributed by atoms with Crippen LogP contribution >= 0.6 is 0 Å². The van der Waals surface area contributed by atoms with E-state index in [9.17, 15) is 13.6 Å². The molecule has 0 saturated heterocycles. The topological polar surface area (TPSA) is 75.1 Å². The molecule has 0 aliphatic carbocycles. The number of hydrogen-bond donors (Lipinski definition) is 1. The van der Waals surface area contributed by atoms with Gasteiger partial charge < -0.3 is 14.5 Å². The van der Waals surface area contributed by atoms with Gasteiger partial charge in [-0.15, -0.1) is 8.78 Å². The maximum absolute atomic E-state index is 13.2. The third-order valence-electron chi connectivity index (χ3n) is 3.05. The van der Waals surface area contributed by atoms with Crippen molar-refractivity contribution in [2.45, 2.75) is 13.2 Å². The number of halogens is 2. The van der Waals surface area contributed by atoms with Crippen LogP contribution in [0.25, 0.3) is 11.1 Å². The fourth-order valence-corrected chi connectivity index (χ4v) is 2.23. The van der Waals surface area contributed by atoms with Gasteiger partial charge in [0.2, 0.25) is 0 Å². The number of nitriles is 1. The molecule has 0 radical (unpaired) electrons. The molecule has 106 valence electrons. The predicted molar refractivity (Wildman–Crippen MR) is 67.2 cm³/mol. The lowest BCUT2D eigenvalue weighted by Crippen LogP contribution is -2.26. The molecule has 2 heterocycles. The monoisotopic (exact) mass is 290 g/mol. The highest BCUT2D eigenvalue weighted by molar-refractivity contribution is 6.01. The third kappa shape index (κ3) is 2.01. The van der Waals surface area contributed by atoms with Crippen LogP contribution in [0.1, 0.15) is 23.0 Å². The number of rotatable bonds is 2. The highest BCUT2D eigenvalue weighted by Crippen LogP contribution is 2.48. The number of fused-ring (bicyclic) bond motifs is 1. The van der Waals surface area contributed by atoms with Gasteiger partial charge >= 0.3 is 6.29 Å². The SMILES string of the molecule is CC(=O)c1[nH]cc(C#N)c1-c1cccc2c1OC(F)(F)O2. The van der Waals surface area contributed by atoms with Gasteiger partial charge in [0.1, 0.15) is 6.07 Å². The van der Waals surface area contributed by atoms with Crippen LogP contribution in [0.5, 0.6) is 11.5 Å². The number of aromatic nitrogens is 1. The van der Waals surface area contributed by atoms with E-state index in [-0.39, 0.29) is 39.7 Å². The molecule has 21 heavy (non-hydrogen) atoms. The molecular weight excluding hydrogens is 282 g/mol. The van der Waals surface area contributed by atoms with Crippen LogP contribution in [0.2, 0.25) is 0 Å². The number of carbonyl (C=O) groups is 1. The van der Waals surface area contributed by atoms with E-state index in [2.05, 4.69) is 14.5 Å². The maximum atomic E-state index is 13.2. The predicted octanol–water partition coefficient (Wildman–Crippen LogP) is 3.08. The largest absolute Gasteiger partial charge is 0.586 e. The number of hydrogen-bond acceptors (Lipinski definition) is 4. The lowest BCUT2D eigenvalue weighted by Gasteiger charge is -2.08. The molecule has 1 aromatic heterocycles. The number of Topliss-reactive ketones (excluding diaryl/α,β-unsaturated/α-hetero) is 1. The van der Waals surface area contributed by atoms with Gasteiger partial charge in [0.25, 0.3) is 0 Å². The van der Waals surface area contributed by atoms with Gasteiger partial charge in [-0.25, -0.2) is 0 Å². The molecule has 7 heteroatoms. The minimum Gasteiger partial charge on any atom is -0.395 e. The Labute approximate surface area is 117 Å². The summed E-state index contributed by atoms with van der Waals surface area (Å²) in [6.07, 6.45) is -2.42. The molecule has 0 spiro atoms. The highest BCUT2D eigenvalue weighted by Gasteiger charge is 2.45. The van der Waals surface area contributed by atoms with Crippen LogP contribution in [0.15, 0.2) is 24.4 Å². The Morgan fingerprint density at radius 2 is 2.14 bits per heavy atom. The van der Waals surface area contributed by atoms with Gasteiger partial charge in [-0.05, 0) is 6.07 Å². The minimum absolute atomic E-state index is 0.142. The van der Waals surface area contributed by atoms with Crippen LogP contribution in [-0.2, 0) is 0 Å². The number of alkyl halides is 2. The second-order valence-corrected chi connectivity index (χ2v) is 4.42. The molecule has 0 unspecified atom stereocenters. The van der Waals surface area contributed by atoms with Gasteiger partial charge in [-0.1, -0.05) is 12.1 Å². The third-order valence-corrected chi connectivity index (χ3v) is 3.05. The molecule has 1 aliphatic rings. The molecule has 0 amide bonds. The van der Waals surface area contributed by atoms with E-state index in [0.29, 0.717) is 0 Å². The van der Waals surface area contributed by atoms with Crippen molar-refractivity contribution >= 4 is 5.78 Å². The fraction of sp³-hybridized carbons (Fsp3) is 0.143. The van der Waals surface area contributed by atoms with Gasteiger partial charge in [0, 0.05) is 24.2 Å². The molecule has 0 atom stereocenters. The van der Waals surface area contributed by atoms with E-state index >= 15 is 0 Å². The molecule has 1 N–H and O–H groups in total. The molecule has 0 saturated carbocycles. The number of nitrogens with zero attached hydrogens (tertiary/aromatic N) is 1. The zero-order valence-corrected chi connectivity index (χ0v) is 10.7. The van der Waals surface area contributed by atoms with Gasteiger partial charge in [-0.3, -0.25) is 4.79 Å². The second kappa shape index (κ2) is 4.31. The lowest BCUT2D eigenvalue weighted by atomic mass is 9.99. The Morgan fingerprint density at radius 1 is 1.38 bits per heavy atom. The van der Waals surface area contributed by atoms with E-state index < -0.39 is 6.29 Å². The first kappa shape index (κ1) is 13.1. The van der Waals surface area contributed by atoms with Crippen molar-refractivity contribution in [1.29, 1.82) is 5.26 Å². The Bertz CT molecular complexity index is 790. The molecule has 2 aromatic rings. The van der Waals surface area contributed by atoms with Crippen LogP contribution < -0.4 is 9.47 Å². The quantitative estimate of drug-likeness (QED) is 0.862. The van der Waals surface area contributed by atoms with Gasteiger partial charge in [0.15, 0.2) is 17.3 Å². The minimum atomic E-state index is -3.77. The number of aromatic amines is 1. The van der Waals surface area contributed by atoms with E-state index in [1.807, 2.05) is 6.07 Å². The average molecular weight is 290 g/mol. The normalized spacial score (nSPS) is 14.8. The highest BCUT2D eigenvalue weighted by atomic mass is 19.3. The summed E-state index contributed by atoms with van der Waals surface area (Å²) in [5.74, 6) is -0.659. The number of para-hydroxylation sites is 1. The maximum Gasteiger partial charge on any atom is 0.586 e. The summed E-state index contributed by atoms with van der Waals surface area (Å²) >= 11 is 0. The van der Waals surface area contributed by atoms with E-state index in [1.165, 1.54) is 31.3 Å². The molecule has 0 fully saturated rings. The van der Waals surface area contributed by atoms with E-state index in [1.54, 1.807) is 0 Å². The van der Waals surface area contributed by atoms with Crippen molar-refractivity contribution in [3.8, 4) is 28.7 Å². The zero-order valence-electron chi connectivity index (χ0n) is 10.7. The van der Waals surface area contributed by atoms with Crippen molar-refractivity contribution in [2.75, 3.05) is 0 Å². The first-order valence-corrected chi connectivity index (χ1v) is 5.94. The first-order chi connectivity index (χ1) is 9.93. The molecule has 5 nitrogen and oxygen atoms in total. The number of ether oxygens (including phenoxy) is 2. The lowest BCUT2D eigenvalue weighted by molar-refractivity contribution is -0.286. The Morgan fingerprint density at radius 3 is 2.81 bits per heavy atom. The standard InChI is InChI=1S/C14H8F2N2O3/c1-7(19)12-11(8(5-17)6-18-12)9-3-2-4-10-13(9)21-14(15,16)20-10/h2-4,6,18H,1H3. The summed E-state index contributed by atoms with van der Waals surface area (Å²) in [6.45, 7) is 1.31. The van der Waals surface area contributed by atoms with Crippen LogP contribution in [-0.4, -0.2) is 17.1 Å². The van der Waals surface area contributed by atoms with Crippen molar-refractivity contribution in [3.05, 3.63) is 35.7 Å². The summed E-state index contributed by atoms with van der Waals surface area (Å²) in [4.78, 5) is 14.3. The molecule has 3 rings (SSSR count). The van der Waals surface area contributed by atoms with Crippen molar-refractivity contribution < 1.29 is 23.0 Å². The summed E-state index contributed by atoms with van der Waals surface area (Å²) in [6, 6.07) is 6.21.